The fourth-order valence-corrected chi connectivity index (χ4v) is 4.06. The van der Waals surface area contributed by atoms with Gasteiger partial charge in [0, 0.05) is 12.1 Å². The first-order chi connectivity index (χ1) is 10.3. The Hall–Kier alpha value is -1.19. The molecule has 1 saturated heterocycles. The molecule has 0 saturated carbocycles. The maximum atomic E-state index is 5.29. The summed E-state index contributed by atoms with van der Waals surface area (Å²) >= 11 is 2.08. The number of hydrogen-bond donors (Lipinski definition) is 1. The Balaban J connectivity index is 1.76. The number of methoxy groups -OCH3 is 1. The van der Waals surface area contributed by atoms with Crippen LogP contribution in [-0.4, -0.2) is 24.7 Å². The molecular weight excluding hydrogens is 278 g/mol. The molecule has 21 heavy (non-hydrogen) atoms. The largest absolute Gasteiger partial charge is 0.497 e. The van der Waals surface area contributed by atoms with Crippen molar-refractivity contribution in [1.29, 1.82) is 0 Å². The van der Waals surface area contributed by atoms with E-state index in [-0.39, 0.29) is 0 Å². The molecule has 112 valence electrons. The lowest BCUT2D eigenvalue weighted by Gasteiger charge is -2.26. The van der Waals surface area contributed by atoms with Crippen LogP contribution < -0.4 is 10.1 Å². The van der Waals surface area contributed by atoms with Crippen molar-refractivity contribution in [1.82, 2.24) is 5.32 Å². The van der Waals surface area contributed by atoms with Crippen LogP contribution in [0.4, 0.5) is 0 Å². The normalized spacial score (nSPS) is 17.8. The van der Waals surface area contributed by atoms with Crippen molar-refractivity contribution in [2.24, 2.45) is 0 Å². The number of benzene rings is 2. The van der Waals surface area contributed by atoms with Gasteiger partial charge in [0.25, 0.3) is 0 Å². The minimum absolute atomic E-state index is 0.407. The first-order valence-corrected chi connectivity index (χ1v) is 8.83. The average Bonchev–Trinajstić information content (AvgIpc) is 2.54. The zero-order valence-corrected chi connectivity index (χ0v) is 13.6. The number of hydrogen-bond acceptors (Lipinski definition) is 3. The maximum absolute atomic E-state index is 5.29. The van der Waals surface area contributed by atoms with E-state index in [1.54, 1.807) is 7.11 Å². The lowest BCUT2D eigenvalue weighted by Crippen LogP contribution is -2.34. The van der Waals surface area contributed by atoms with Crippen LogP contribution in [0, 0.1) is 0 Å². The molecule has 0 amide bonds. The van der Waals surface area contributed by atoms with Crippen LogP contribution in [0.3, 0.4) is 0 Å². The molecule has 0 aliphatic carbocycles. The molecule has 3 heteroatoms. The van der Waals surface area contributed by atoms with Crippen LogP contribution in [-0.2, 0) is 0 Å². The van der Waals surface area contributed by atoms with E-state index < -0.39 is 0 Å². The third kappa shape index (κ3) is 3.53. The van der Waals surface area contributed by atoms with Crippen molar-refractivity contribution in [3.8, 4) is 5.75 Å². The highest BCUT2D eigenvalue weighted by Gasteiger charge is 2.16. The summed E-state index contributed by atoms with van der Waals surface area (Å²) in [4.78, 5) is 0. The summed E-state index contributed by atoms with van der Waals surface area (Å²) in [5.74, 6) is 3.50. The second-order valence-electron chi connectivity index (χ2n) is 5.75. The van der Waals surface area contributed by atoms with Gasteiger partial charge < -0.3 is 10.1 Å². The number of ether oxygens (including phenoxy) is 1. The van der Waals surface area contributed by atoms with Crippen molar-refractivity contribution in [3.63, 3.8) is 0 Å². The Morgan fingerprint density at radius 2 is 1.81 bits per heavy atom. The van der Waals surface area contributed by atoms with Crippen molar-refractivity contribution in [2.75, 3.05) is 18.6 Å². The smallest absolute Gasteiger partial charge is 0.119 e. The average molecular weight is 301 g/mol. The van der Waals surface area contributed by atoms with Gasteiger partial charge in [-0.3, -0.25) is 0 Å². The minimum atomic E-state index is 0.407. The van der Waals surface area contributed by atoms with Crippen LogP contribution in [0.15, 0.2) is 36.4 Å². The molecule has 1 atom stereocenters. The van der Waals surface area contributed by atoms with E-state index in [4.69, 9.17) is 4.74 Å². The summed E-state index contributed by atoms with van der Waals surface area (Å²) in [5.41, 5.74) is 1.37. The third-order valence-electron chi connectivity index (χ3n) is 4.28. The molecule has 0 spiro atoms. The topological polar surface area (TPSA) is 21.3 Å². The predicted molar refractivity (Wildman–Crippen MR) is 92.4 cm³/mol. The second-order valence-corrected chi connectivity index (χ2v) is 6.97. The number of rotatable bonds is 4. The zero-order valence-electron chi connectivity index (χ0n) is 12.8. The maximum Gasteiger partial charge on any atom is 0.119 e. The van der Waals surface area contributed by atoms with Gasteiger partial charge in [0.15, 0.2) is 0 Å². The van der Waals surface area contributed by atoms with Crippen molar-refractivity contribution < 1.29 is 4.74 Å². The van der Waals surface area contributed by atoms with Crippen molar-refractivity contribution >= 4 is 22.5 Å². The van der Waals surface area contributed by atoms with E-state index in [0.717, 1.165) is 5.75 Å². The number of thioether (sulfide) groups is 1. The quantitative estimate of drug-likeness (QED) is 0.904. The highest BCUT2D eigenvalue weighted by Crippen LogP contribution is 2.26. The summed E-state index contributed by atoms with van der Waals surface area (Å²) in [6.07, 6.45) is 2.58. The molecule has 1 fully saturated rings. The van der Waals surface area contributed by atoms with Gasteiger partial charge in [0.2, 0.25) is 0 Å². The molecule has 1 aliphatic rings. The number of fused-ring (bicyclic) bond motifs is 1. The van der Waals surface area contributed by atoms with Gasteiger partial charge in [0.05, 0.1) is 7.11 Å². The standard InChI is InChI=1S/C18H23NOS/c1-13(19-17-7-9-21-10-8-17)14-3-4-16-12-18(20-2)6-5-15(16)11-14/h3-6,11-13,17,19H,7-10H2,1-2H3. The summed E-state index contributed by atoms with van der Waals surface area (Å²) in [7, 11) is 1.71. The van der Waals surface area contributed by atoms with Gasteiger partial charge in [-0.1, -0.05) is 18.2 Å². The van der Waals surface area contributed by atoms with Crippen LogP contribution in [0.25, 0.3) is 10.8 Å². The summed E-state index contributed by atoms with van der Waals surface area (Å²) in [6, 6.07) is 14.1. The first-order valence-electron chi connectivity index (χ1n) is 7.68. The molecule has 3 rings (SSSR count). The molecule has 1 N–H and O–H groups in total. The summed E-state index contributed by atoms with van der Waals surface area (Å²) in [5, 5.41) is 6.30. The van der Waals surface area contributed by atoms with Crippen LogP contribution in [0.2, 0.25) is 0 Å². The van der Waals surface area contributed by atoms with Crippen LogP contribution in [0.5, 0.6) is 5.75 Å². The molecule has 1 aliphatic heterocycles. The monoisotopic (exact) mass is 301 g/mol. The number of nitrogens with one attached hydrogen (secondary N) is 1. The Kier molecular flexibility index (Phi) is 4.71. The van der Waals surface area contributed by atoms with E-state index in [1.807, 2.05) is 6.07 Å². The molecule has 2 nitrogen and oxygen atoms in total. The zero-order chi connectivity index (χ0) is 14.7. The lowest BCUT2D eigenvalue weighted by atomic mass is 10.0. The summed E-state index contributed by atoms with van der Waals surface area (Å²) < 4.78 is 5.29. The molecule has 0 aromatic heterocycles. The summed E-state index contributed by atoms with van der Waals surface area (Å²) in [6.45, 7) is 2.27. The molecule has 1 heterocycles. The highest BCUT2D eigenvalue weighted by molar-refractivity contribution is 7.99. The van der Waals surface area contributed by atoms with Crippen molar-refractivity contribution in [3.05, 3.63) is 42.0 Å². The van der Waals surface area contributed by atoms with E-state index in [2.05, 4.69) is 54.3 Å². The van der Waals surface area contributed by atoms with Gasteiger partial charge in [-0.25, -0.2) is 0 Å². The SMILES string of the molecule is COc1ccc2cc(C(C)NC3CCSCC3)ccc2c1. The van der Waals surface area contributed by atoms with E-state index in [1.165, 1.54) is 40.7 Å². The van der Waals surface area contributed by atoms with Gasteiger partial charge in [-0.15, -0.1) is 0 Å². The van der Waals surface area contributed by atoms with Gasteiger partial charge in [-0.2, -0.15) is 11.8 Å². The van der Waals surface area contributed by atoms with E-state index >= 15 is 0 Å². The molecule has 0 bridgehead atoms. The Bertz CT molecular complexity index is 607. The van der Waals surface area contributed by atoms with Gasteiger partial charge in [-0.05, 0) is 65.8 Å². The fourth-order valence-electron chi connectivity index (χ4n) is 2.95. The molecule has 1 unspecified atom stereocenters. The second kappa shape index (κ2) is 6.71. The van der Waals surface area contributed by atoms with Crippen LogP contribution in [0.1, 0.15) is 31.4 Å². The fraction of sp³-hybridized carbons (Fsp3) is 0.444. The molecule has 0 radical (unpaired) electrons. The van der Waals surface area contributed by atoms with Gasteiger partial charge in [0.1, 0.15) is 5.75 Å². The van der Waals surface area contributed by atoms with Gasteiger partial charge >= 0.3 is 0 Å². The Morgan fingerprint density at radius 1 is 1.10 bits per heavy atom. The molecule has 2 aromatic carbocycles. The Labute approximate surface area is 131 Å². The predicted octanol–water partition coefficient (Wildman–Crippen LogP) is 4.39. The third-order valence-corrected chi connectivity index (χ3v) is 5.33. The molecular formula is C18H23NOS. The lowest BCUT2D eigenvalue weighted by molar-refractivity contribution is 0.415. The van der Waals surface area contributed by atoms with Crippen LogP contribution >= 0.6 is 11.8 Å². The minimum Gasteiger partial charge on any atom is -0.497 e. The first kappa shape index (κ1) is 14.7. The van der Waals surface area contributed by atoms with E-state index in [9.17, 15) is 0 Å². The highest BCUT2D eigenvalue weighted by atomic mass is 32.2. The van der Waals surface area contributed by atoms with E-state index in [0.29, 0.717) is 12.1 Å². The van der Waals surface area contributed by atoms with Crippen molar-refractivity contribution in [2.45, 2.75) is 31.8 Å². The molecule has 2 aromatic rings. The Morgan fingerprint density at radius 3 is 2.57 bits per heavy atom.